The number of pyridine rings is 2. The minimum absolute atomic E-state index is 0.0840. The van der Waals surface area contributed by atoms with E-state index in [-0.39, 0.29) is 23.6 Å². The minimum atomic E-state index is -4.48. The number of rotatable bonds is 5. The lowest BCUT2D eigenvalue weighted by atomic mass is 10.1. The lowest BCUT2D eigenvalue weighted by molar-refractivity contribution is -0.137. The lowest BCUT2D eigenvalue weighted by Gasteiger charge is -2.13. The number of hydrogen-bond acceptors (Lipinski definition) is 4. The third kappa shape index (κ3) is 4.47. The molecule has 0 aliphatic heterocycles. The van der Waals surface area contributed by atoms with Crippen LogP contribution in [0.25, 0.3) is 11.0 Å². The predicted octanol–water partition coefficient (Wildman–Crippen LogP) is 4.98. The Morgan fingerprint density at radius 2 is 1.84 bits per heavy atom. The third-order valence-electron chi connectivity index (χ3n) is 4.57. The number of nitrogens with zero attached hydrogens (tertiary/aromatic N) is 2. The first-order valence-corrected chi connectivity index (χ1v) is 9.10. The number of amides is 1. The van der Waals surface area contributed by atoms with Crippen LogP contribution in [-0.2, 0) is 12.7 Å². The molecular weight excluding hydrogens is 414 g/mol. The quantitative estimate of drug-likeness (QED) is 0.391. The van der Waals surface area contributed by atoms with E-state index in [2.05, 4.69) is 25.6 Å². The first-order chi connectivity index (χ1) is 14.8. The van der Waals surface area contributed by atoms with Crippen LogP contribution in [-0.4, -0.2) is 20.9 Å². The number of hydrogen-bond donors (Lipinski definition) is 3. The number of aromatic nitrogens is 3. The molecule has 0 bridgehead atoms. The second-order valence-electron chi connectivity index (χ2n) is 6.64. The maximum Gasteiger partial charge on any atom is 0.416 e. The highest BCUT2D eigenvalue weighted by Gasteiger charge is 2.30. The van der Waals surface area contributed by atoms with Gasteiger partial charge in [0.1, 0.15) is 17.3 Å². The minimum Gasteiger partial charge on any atom is -0.365 e. The summed E-state index contributed by atoms with van der Waals surface area (Å²) in [5, 5.41) is 6.35. The molecule has 0 aliphatic carbocycles. The molecule has 0 radical (unpaired) electrons. The van der Waals surface area contributed by atoms with Crippen LogP contribution < -0.4 is 10.6 Å². The summed E-state index contributed by atoms with van der Waals surface area (Å²) < 4.78 is 51.8. The predicted molar refractivity (Wildman–Crippen MR) is 107 cm³/mol. The van der Waals surface area contributed by atoms with Crippen molar-refractivity contribution in [2.75, 3.05) is 10.6 Å². The molecule has 158 valence electrons. The molecule has 0 fully saturated rings. The molecule has 3 heterocycles. The van der Waals surface area contributed by atoms with Crippen LogP contribution in [0.15, 0.2) is 61.1 Å². The molecule has 0 atom stereocenters. The second kappa shape index (κ2) is 8.05. The highest BCUT2D eigenvalue weighted by Crippen LogP contribution is 2.30. The van der Waals surface area contributed by atoms with Crippen molar-refractivity contribution in [2.45, 2.75) is 12.7 Å². The zero-order valence-corrected chi connectivity index (χ0v) is 15.8. The van der Waals surface area contributed by atoms with Crippen LogP contribution in [0.5, 0.6) is 0 Å². The van der Waals surface area contributed by atoms with Crippen molar-refractivity contribution in [3.05, 3.63) is 83.6 Å². The van der Waals surface area contributed by atoms with Gasteiger partial charge in [-0.25, -0.2) is 14.4 Å². The van der Waals surface area contributed by atoms with E-state index >= 15 is 0 Å². The lowest BCUT2D eigenvalue weighted by Crippen LogP contribution is -2.16. The number of fused-ring (bicyclic) bond motifs is 1. The summed E-state index contributed by atoms with van der Waals surface area (Å²) in [6.07, 6.45) is -0.133. The Morgan fingerprint density at radius 3 is 2.58 bits per heavy atom. The van der Waals surface area contributed by atoms with E-state index < -0.39 is 23.5 Å². The van der Waals surface area contributed by atoms with Crippen molar-refractivity contribution in [1.82, 2.24) is 15.0 Å². The SMILES string of the molecule is O=C(Nc1ccc(C(F)(F)F)cc1)c1cc(F)cnc1NCc1ccnc2[nH]ccc12. The number of alkyl halides is 3. The van der Waals surface area contributed by atoms with E-state index in [1.54, 1.807) is 18.5 Å². The zero-order valence-electron chi connectivity index (χ0n) is 15.8. The molecule has 6 nitrogen and oxygen atoms in total. The molecule has 31 heavy (non-hydrogen) atoms. The van der Waals surface area contributed by atoms with E-state index in [9.17, 15) is 22.4 Å². The van der Waals surface area contributed by atoms with Gasteiger partial charge >= 0.3 is 6.18 Å². The number of H-pyrrole nitrogens is 1. The van der Waals surface area contributed by atoms with E-state index in [1.807, 2.05) is 6.07 Å². The number of halogens is 4. The largest absolute Gasteiger partial charge is 0.416 e. The fraction of sp³-hybridized carbons (Fsp3) is 0.0952. The van der Waals surface area contributed by atoms with Gasteiger partial charge < -0.3 is 15.6 Å². The van der Waals surface area contributed by atoms with Crippen molar-refractivity contribution in [3.63, 3.8) is 0 Å². The Labute approximate surface area is 173 Å². The Balaban J connectivity index is 1.53. The Hall–Kier alpha value is -3.95. The van der Waals surface area contributed by atoms with Gasteiger partial charge in [0.05, 0.1) is 17.3 Å². The smallest absolute Gasteiger partial charge is 0.365 e. The van der Waals surface area contributed by atoms with E-state index in [1.165, 1.54) is 0 Å². The number of nitrogens with one attached hydrogen (secondary N) is 3. The van der Waals surface area contributed by atoms with Crippen molar-refractivity contribution < 1.29 is 22.4 Å². The van der Waals surface area contributed by atoms with Gasteiger partial charge in [-0.15, -0.1) is 0 Å². The number of benzene rings is 1. The molecule has 4 rings (SSSR count). The standard InChI is InChI=1S/C21H15F4N5O/c22-14-9-17(20(31)30-15-3-1-13(2-4-15)21(23,24)25)19(29-11-14)28-10-12-5-7-26-18-16(12)6-8-27-18/h1-9,11H,10H2,(H,26,27)(H,28,29)(H,30,31). The first-order valence-electron chi connectivity index (χ1n) is 9.10. The number of aromatic amines is 1. The van der Waals surface area contributed by atoms with Crippen LogP contribution in [0.1, 0.15) is 21.5 Å². The summed E-state index contributed by atoms with van der Waals surface area (Å²) in [5.74, 6) is -1.30. The Bertz CT molecular complexity index is 1230. The number of carbonyl (C=O) groups is 1. The van der Waals surface area contributed by atoms with Crippen molar-refractivity contribution >= 4 is 28.4 Å². The van der Waals surface area contributed by atoms with Crippen LogP contribution >= 0.6 is 0 Å². The topological polar surface area (TPSA) is 82.7 Å². The fourth-order valence-corrected chi connectivity index (χ4v) is 3.05. The normalized spacial score (nSPS) is 11.5. The maximum atomic E-state index is 13.8. The van der Waals surface area contributed by atoms with Gasteiger partial charge in [-0.3, -0.25) is 4.79 Å². The molecule has 3 N–H and O–H groups in total. The Morgan fingerprint density at radius 1 is 1.06 bits per heavy atom. The van der Waals surface area contributed by atoms with Gasteiger partial charge in [0.15, 0.2) is 0 Å². The summed E-state index contributed by atoms with van der Waals surface area (Å²) in [6.45, 7) is 0.288. The molecular formula is C21H15F4N5O. The van der Waals surface area contributed by atoms with E-state index in [4.69, 9.17) is 0 Å². The molecule has 0 aliphatic rings. The molecule has 0 saturated heterocycles. The summed E-state index contributed by atoms with van der Waals surface area (Å²) in [7, 11) is 0. The Kier molecular flexibility index (Phi) is 5.28. The molecule has 1 aromatic carbocycles. The molecule has 0 spiro atoms. The molecule has 1 amide bonds. The highest BCUT2D eigenvalue weighted by molar-refractivity contribution is 6.07. The van der Waals surface area contributed by atoms with Gasteiger partial charge in [-0.05, 0) is 48.0 Å². The summed E-state index contributed by atoms with van der Waals surface area (Å²) in [4.78, 5) is 23.8. The molecule has 0 saturated carbocycles. The van der Waals surface area contributed by atoms with Crippen LogP contribution in [0.2, 0.25) is 0 Å². The zero-order chi connectivity index (χ0) is 22.0. The summed E-state index contributed by atoms with van der Waals surface area (Å²) >= 11 is 0. The van der Waals surface area contributed by atoms with Gasteiger partial charge in [-0.1, -0.05) is 0 Å². The fourth-order valence-electron chi connectivity index (χ4n) is 3.05. The van der Waals surface area contributed by atoms with Crippen LogP contribution in [0.3, 0.4) is 0 Å². The number of anilines is 2. The summed E-state index contributed by atoms with van der Waals surface area (Å²) in [6, 6.07) is 8.62. The average Bonchev–Trinajstić information content (AvgIpc) is 3.22. The van der Waals surface area contributed by atoms with Crippen LogP contribution in [0, 0.1) is 5.82 Å². The molecule has 4 aromatic rings. The van der Waals surface area contributed by atoms with Crippen molar-refractivity contribution in [3.8, 4) is 0 Å². The van der Waals surface area contributed by atoms with Gasteiger partial charge in [0.25, 0.3) is 5.91 Å². The molecule has 3 aromatic heterocycles. The van der Waals surface area contributed by atoms with Crippen molar-refractivity contribution in [2.24, 2.45) is 0 Å². The summed E-state index contributed by atoms with van der Waals surface area (Å²) in [5.41, 5.74) is 0.794. The third-order valence-corrected chi connectivity index (χ3v) is 4.57. The monoisotopic (exact) mass is 429 g/mol. The van der Waals surface area contributed by atoms with Gasteiger partial charge in [0.2, 0.25) is 0 Å². The number of carbonyl (C=O) groups excluding carboxylic acids is 1. The highest BCUT2D eigenvalue weighted by atomic mass is 19.4. The molecule has 10 heteroatoms. The van der Waals surface area contributed by atoms with Crippen molar-refractivity contribution in [1.29, 1.82) is 0 Å². The van der Waals surface area contributed by atoms with Gasteiger partial charge in [-0.2, -0.15) is 13.2 Å². The van der Waals surface area contributed by atoms with E-state index in [0.717, 1.165) is 47.5 Å². The van der Waals surface area contributed by atoms with Crippen LogP contribution in [0.4, 0.5) is 29.1 Å². The second-order valence-corrected chi connectivity index (χ2v) is 6.64. The van der Waals surface area contributed by atoms with Gasteiger partial charge in [0, 0.05) is 30.0 Å². The molecule has 0 unspecified atom stereocenters. The first kappa shape index (κ1) is 20.3. The maximum absolute atomic E-state index is 13.8. The van der Waals surface area contributed by atoms with E-state index in [0.29, 0.717) is 5.65 Å². The average molecular weight is 429 g/mol.